The summed E-state index contributed by atoms with van der Waals surface area (Å²) in [5.41, 5.74) is 6.38. The minimum absolute atomic E-state index is 0. The highest BCUT2D eigenvalue weighted by Crippen LogP contribution is 2.21. The number of halogens is 1. The van der Waals surface area contributed by atoms with Gasteiger partial charge in [-0.3, -0.25) is 4.68 Å². The molecule has 0 fully saturated rings. The first kappa shape index (κ1) is 13.9. The molecule has 0 aromatic carbocycles. The second kappa shape index (κ2) is 5.61. The Hall–Kier alpha value is -1.56. The lowest BCUT2D eigenvalue weighted by atomic mass is 10.2. The summed E-state index contributed by atoms with van der Waals surface area (Å²) in [5.74, 6) is 2.09. The van der Waals surface area contributed by atoms with Crippen LogP contribution in [-0.2, 0) is 13.0 Å². The molecule has 0 saturated carbocycles. The number of aromatic nitrogens is 5. The molecule has 1 aliphatic heterocycles. The molecule has 7 heteroatoms. The molecule has 2 aromatic rings. The molecule has 104 valence electrons. The van der Waals surface area contributed by atoms with E-state index in [1.807, 2.05) is 10.9 Å². The van der Waals surface area contributed by atoms with Crippen molar-refractivity contribution in [3.8, 4) is 0 Å². The highest BCUT2D eigenvalue weighted by atomic mass is 35.5. The number of hydrogen-bond donors (Lipinski definition) is 1. The van der Waals surface area contributed by atoms with Crippen molar-refractivity contribution < 1.29 is 0 Å². The molecule has 1 aliphatic rings. The molecule has 3 heterocycles. The van der Waals surface area contributed by atoms with Gasteiger partial charge in [0.05, 0.1) is 11.9 Å². The smallest absolute Gasteiger partial charge is 0.157 e. The first-order valence-corrected chi connectivity index (χ1v) is 6.47. The Kier molecular flexibility index (Phi) is 4.09. The second-order valence-corrected chi connectivity index (χ2v) is 4.87. The van der Waals surface area contributed by atoms with Crippen molar-refractivity contribution in [1.29, 1.82) is 0 Å². The highest BCUT2D eigenvalue weighted by Gasteiger charge is 2.20. The summed E-state index contributed by atoms with van der Waals surface area (Å²) in [6.07, 6.45) is 8.21. The van der Waals surface area contributed by atoms with Gasteiger partial charge in [0.15, 0.2) is 5.82 Å². The van der Waals surface area contributed by atoms with Crippen LogP contribution in [0.3, 0.4) is 0 Å². The van der Waals surface area contributed by atoms with E-state index in [0.717, 1.165) is 24.6 Å². The van der Waals surface area contributed by atoms with Crippen LogP contribution in [0.15, 0.2) is 12.4 Å². The lowest BCUT2D eigenvalue weighted by molar-refractivity contribution is 0.494. The van der Waals surface area contributed by atoms with Crippen molar-refractivity contribution in [3.05, 3.63) is 24.0 Å². The molecule has 0 saturated heterocycles. The maximum absolute atomic E-state index is 5.71. The van der Waals surface area contributed by atoms with Gasteiger partial charge in [0.25, 0.3) is 0 Å². The zero-order valence-corrected chi connectivity index (χ0v) is 11.8. The van der Waals surface area contributed by atoms with E-state index in [0.29, 0.717) is 5.69 Å². The minimum atomic E-state index is 0. The average molecular weight is 283 g/mol. The van der Waals surface area contributed by atoms with Crippen LogP contribution in [0.25, 0.3) is 0 Å². The highest BCUT2D eigenvalue weighted by molar-refractivity contribution is 5.85. The Morgan fingerprint density at radius 1 is 1.26 bits per heavy atom. The molecule has 1 unspecified atom stereocenters. The van der Waals surface area contributed by atoms with Crippen LogP contribution in [0.1, 0.15) is 43.9 Å². The Bertz CT molecular complexity index is 546. The van der Waals surface area contributed by atoms with Gasteiger partial charge in [0.1, 0.15) is 11.9 Å². The number of hydrogen-bond acceptors (Lipinski definition) is 4. The summed E-state index contributed by atoms with van der Waals surface area (Å²) in [7, 11) is 0. The molecular formula is C12H19ClN6. The zero-order valence-electron chi connectivity index (χ0n) is 11.0. The van der Waals surface area contributed by atoms with Crippen molar-refractivity contribution in [3.63, 3.8) is 0 Å². The van der Waals surface area contributed by atoms with Gasteiger partial charge in [-0.1, -0.05) is 6.42 Å². The number of fused-ring (bicyclic) bond motifs is 1. The van der Waals surface area contributed by atoms with Gasteiger partial charge in [-0.05, 0) is 19.8 Å². The molecule has 3 rings (SSSR count). The quantitative estimate of drug-likeness (QED) is 0.912. The second-order valence-electron chi connectivity index (χ2n) is 4.87. The fourth-order valence-corrected chi connectivity index (χ4v) is 2.50. The van der Waals surface area contributed by atoms with E-state index in [1.165, 1.54) is 19.3 Å². The topological polar surface area (TPSA) is 74.5 Å². The van der Waals surface area contributed by atoms with Crippen LogP contribution in [0.5, 0.6) is 0 Å². The third kappa shape index (κ3) is 2.58. The Morgan fingerprint density at radius 2 is 2.11 bits per heavy atom. The van der Waals surface area contributed by atoms with Crippen molar-refractivity contribution in [2.45, 2.75) is 45.2 Å². The predicted molar refractivity (Wildman–Crippen MR) is 75.3 cm³/mol. The lowest BCUT2D eigenvalue weighted by Crippen LogP contribution is -2.15. The van der Waals surface area contributed by atoms with E-state index in [2.05, 4.69) is 26.8 Å². The first-order valence-electron chi connectivity index (χ1n) is 6.47. The van der Waals surface area contributed by atoms with Crippen molar-refractivity contribution in [2.24, 2.45) is 0 Å². The number of nitrogens with zero attached hydrogens (tertiary/aromatic N) is 5. The molecule has 2 aromatic heterocycles. The number of nitrogen functional groups attached to an aromatic ring is 1. The summed E-state index contributed by atoms with van der Waals surface area (Å²) in [6, 6.07) is 0.0710. The van der Waals surface area contributed by atoms with Gasteiger partial charge in [-0.25, -0.2) is 0 Å². The SMILES string of the molecule is CC(c1nnc2n1CCCCC2)n1cc(N)cn1.Cl. The maximum Gasteiger partial charge on any atom is 0.157 e. The maximum atomic E-state index is 5.71. The van der Waals surface area contributed by atoms with Crippen molar-refractivity contribution in [1.82, 2.24) is 24.5 Å². The van der Waals surface area contributed by atoms with Gasteiger partial charge in [0, 0.05) is 19.2 Å². The predicted octanol–water partition coefficient (Wildman–Crippen LogP) is 1.81. The average Bonchev–Trinajstić information content (AvgIpc) is 2.89. The van der Waals surface area contributed by atoms with Crippen molar-refractivity contribution >= 4 is 18.1 Å². The van der Waals surface area contributed by atoms with E-state index < -0.39 is 0 Å². The lowest BCUT2D eigenvalue weighted by Gasteiger charge is -2.13. The summed E-state index contributed by atoms with van der Waals surface area (Å²) in [4.78, 5) is 0. The Balaban J connectivity index is 0.00000133. The molecule has 0 bridgehead atoms. The Morgan fingerprint density at radius 3 is 2.84 bits per heavy atom. The third-order valence-electron chi connectivity index (χ3n) is 3.53. The van der Waals surface area contributed by atoms with Gasteiger partial charge in [-0.2, -0.15) is 5.10 Å². The normalized spacial score (nSPS) is 16.3. The number of aryl methyl sites for hydroxylation is 1. The van der Waals surface area contributed by atoms with E-state index in [-0.39, 0.29) is 18.4 Å². The molecule has 2 N–H and O–H groups in total. The van der Waals surface area contributed by atoms with E-state index in [1.54, 1.807) is 6.20 Å². The Labute approximate surface area is 118 Å². The molecule has 0 amide bonds. The molecule has 19 heavy (non-hydrogen) atoms. The van der Waals surface area contributed by atoms with Gasteiger partial charge in [0.2, 0.25) is 0 Å². The number of rotatable bonds is 2. The molecule has 1 atom stereocenters. The van der Waals surface area contributed by atoms with Gasteiger partial charge < -0.3 is 10.3 Å². The largest absolute Gasteiger partial charge is 0.396 e. The minimum Gasteiger partial charge on any atom is -0.396 e. The van der Waals surface area contributed by atoms with Crippen LogP contribution in [0, 0.1) is 0 Å². The number of nitrogens with two attached hydrogens (primary N) is 1. The van der Waals surface area contributed by atoms with Crippen LogP contribution in [0.2, 0.25) is 0 Å². The third-order valence-corrected chi connectivity index (χ3v) is 3.53. The summed E-state index contributed by atoms with van der Waals surface area (Å²) in [5, 5.41) is 12.9. The molecule has 0 radical (unpaired) electrons. The summed E-state index contributed by atoms with van der Waals surface area (Å²) >= 11 is 0. The summed E-state index contributed by atoms with van der Waals surface area (Å²) in [6.45, 7) is 3.09. The monoisotopic (exact) mass is 282 g/mol. The first-order chi connectivity index (χ1) is 8.75. The number of anilines is 1. The van der Waals surface area contributed by atoms with Crippen LogP contribution >= 0.6 is 12.4 Å². The zero-order chi connectivity index (χ0) is 12.5. The molecule has 6 nitrogen and oxygen atoms in total. The fraction of sp³-hybridized carbons (Fsp3) is 0.583. The standard InChI is InChI=1S/C12H18N6.ClH/c1-9(18-8-10(13)7-14-18)12-16-15-11-5-3-2-4-6-17(11)12;/h7-9H,2-6,13H2,1H3;1H. The fourth-order valence-electron chi connectivity index (χ4n) is 2.50. The van der Waals surface area contributed by atoms with Gasteiger partial charge in [-0.15, -0.1) is 22.6 Å². The van der Waals surface area contributed by atoms with E-state index in [4.69, 9.17) is 5.73 Å². The van der Waals surface area contributed by atoms with Crippen LogP contribution in [-0.4, -0.2) is 24.5 Å². The van der Waals surface area contributed by atoms with E-state index in [9.17, 15) is 0 Å². The molecule has 0 aliphatic carbocycles. The van der Waals surface area contributed by atoms with Gasteiger partial charge >= 0.3 is 0 Å². The molecule has 0 spiro atoms. The molecular weight excluding hydrogens is 264 g/mol. The van der Waals surface area contributed by atoms with E-state index >= 15 is 0 Å². The summed E-state index contributed by atoms with van der Waals surface area (Å²) < 4.78 is 4.09. The van der Waals surface area contributed by atoms with Crippen molar-refractivity contribution in [2.75, 3.05) is 5.73 Å². The van der Waals surface area contributed by atoms with Crippen LogP contribution in [0.4, 0.5) is 5.69 Å². The van der Waals surface area contributed by atoms with Crippen LogP contribution < -0.4 is 5.73 Å².